The molecule has 0 radical (unpaired) electrons. The van der Waals surface area contributed by atoms with Gasteiger partial charge in [-0.15, -0.1) is 0 Å². The molecule has 1 aliphatic heterocycles. The lowest BCUT2D eigenvalue weighted by Gasteiger charge is -2.23. The number of rotatable bonds is 2. The molecule has 0 spiro atoms. The molecule has 3 aliphatic rings. The summed E-state index contributed by atoms with van der Waals surface area (Å²) < 4.78 is 19.1. The second-order valence-electron chi connectivity index (χ2n) is 5.83. The van der Waals surface area contributed by atoms with E-state index in [0.29, 0.717) is 29.6 Å². The van der Waals surface area contributed by atoms with Crippen LogP contribution in [0.5, 0.6) is 0 Å². The quantitative estimate of drug-likeness (QED) is 0.434. The van der Waals surface area contributed by atoms with Crippen molar-refractivity contribution in [2.45, 2.75) is 39.0 Å². The summed E-state index contributed by atoms with van der Waals surface area (Å²) in [5, 5.41) is 0.0642. The number of hydrogen-bond donors (Lipinski definition) is 0. The van der Waals surface area contributed by atoms with Gasteiger partial charge in [0.2, 0.25) is 0 Å². The standard InChI is InChI=1S/C17H15ClFNO4/c1-9(21)24-8-10-6-15(14(19)7-13(10)18)20-16(22)11-4-2-3-5-12(11)17(20)23/h7-8H,2-6H2,1H3. The summed E-state index contributed by atoms with van der Waals surface area (Å²) in [4.78, 5) is 36.9. The first-order valence-corrected chi connectivity index (χ1v) is 8.01. The lowest BCUT2D eigenvalue weighted by Crippen LogP contribution is -2.32. The second-order valence-corrected chi connectivity index (χ2v) is 6.23. The minimum absolute atomic E-state index is 0.0642. The van der Waals surface area contributed by atoms with Crippen molar-refractivity contribution < 1.29 is 23.5 Å². The molecule has 1 heterocycles. The van der Waals surface area contributed by atoms with Crippen LogP contribution in [0.15, 0.2) is 45.6 Å². The number of amides is 2. The molecule has 2 aliphatic carbocycles. The van der Waals surface area contributed by atoms with Crippen LogP contribution in [0, 0.1) is 0 Å². The van der Waals surface area contributed by atoms with E-state index in [0.717, 1.165) is 30.1 Å². The topological polar surface area (TPSA) is 63.7 Å². The molecule has 2 amide bonds. The number of allylic oxidation sites excluding steroid dienone is 4. The third kappa shape index (κ3) is 2.82. The van der Waals surface area contributed by atoms with E-state index in [1.54, 1.807) is 0 Å². The van der Waals surface area contributed by atoms with Crippen molar-refractivity contribution in [1.29, 1.82) is 0 Å². The molecule has 0 saturated heterocycles. The fourth-order valence-electron chi connectivity index (χ4n) is 3.06. The van der Waals surface area contributed by atoms with E-state index in [9.17, 15) is 18.8 Å². The van der Waals surface area contributed by atoms with Crippen LogP contribution in [0.4, 0.5) is 4.39 Å². The Morgan fingerprint density at radius 1 is 1.25 bits per heavy atom. The molecule has 0 aromatic rings. The molecule has 0 fully saturated rings. The zero-order valence-corrected chi connectivity index (χ0v) is 13.8. The van der Waals surface area contributed by atoms with E-state index >= 15 is 0 Å². The molecule has 0 unspecified atom stereocenters. The Morgan fingerprint density at radius 2 is 1.83 bits per heavy atom. The number of carbonyl (C=O) groups is 3. The van der Waals surface area contributed by atoms with E-state index in [2.05, 4.69) is 0 Å². The Morgan fingerprint density at radius 3 is 2.38 bits per heavy atom. The summed E-state index contributed by atoms with van der Waals surface area (Å²) in [6.45, 7) is 1.22. The number of ether oxygens (including phenoxy) is 1. The fraction of sp³-hybridized carbons (Fsp3) is 0.353. The Kier molecular flexibility index (Phi) is 4.41. The normalized spacial score (nSPS) is 23.0. The number of esters is 1. The average molecular weight is 352 g/mol. The van der Waals surface area contributed by atoms with Crippen molar-refractivity contribution in [2.24, 2.45) is 0 Å². The predicted octanol–water partition coefficient (Wildman–Crippen LogP) is 3.38. The Bertz CT molecular complexity index is 747. The Balaban J connectivity index is 1.93. The second kappa shape index (κ2) is 6.36. The van der Waals surface area contributed by atoms with Gasteiger partial charge in [0.05, 0.1) is 17.0 Å². The fourth-order valence-corrected chi connectivity index (χ4v) is 3.27. The molecular weight excluding hydrogens is 337 g/mol. The first kappa shape index (κ1) is 16.6. The lowest BCUT2D eigenvalue weighted by molar-refractivity contribution is -0.137. The molecule has 5 nitrogen and oxygen atoms in total. The SMILES string of the molecule is CC(=O)OC=C1CC(N2C(=O)C3=C(CCCC3)C2=O)=C(F)C=C1Cl. The summed E-state index contributed by atoms with van der Waals surface area (Å²) in [6.07, 6.45) is 4.80. The first-order valence-electron chi connectivity index (χ1n) is 7.63. The van der Waals surface area contributed by atoms with Crippen LogP contribution >= 0.6 is 11.6 Å². The molecule has 0 aromatic heterocycles. The van der Waals surface area contributed by atoms with Crippen LogP contribution in [-0.4, -0.2) is 22.7 Å². The molecule has 0 saturated carbocycles. The van der Waals surface area contributed by atoms with Crippen LogP contribution in [0.25, 0.3) is 0 Å². The van der Waals surface area contributed by atoms with Crippen LogP contribution in [0.2, 0.25) is 0 Å². The molecule has 0 bridgehead atoms. The van der Waals surface area contributed by atoms with Gasteiger partial charge < -0.3 is 4.74 Å². The number of carbonyl (C=O) groups excluding carboxylic acids is 3. The van der Waals surface area contributed by atoms with E-state index in [4.69, 9.17) is 16.3 Å². The van der Waals surface area contributed by atoms with Gasteiger partial charge in [-0.3, -0.25) is 14.4 Å². The van der Waals surface area contributed by atoms with Crippen LogP contribution in [-0.2, 0) is 19.1 Å². The minimum atomic E-state index is -0.735. The third-order valence-corrected chi connectivity index (χ3v) is 4.57. The van der Waals surface area contributed by atoms with Gasteiger partial charge in [0.1, 0.15) is 5.83 Å². The van der Waals surface area contributed by atoms with Gasteiger partial charge in [-0.05, 0) is 31.8 Å². The van der Waals surface area contributed by atoms with E-state index in [1.165, 1.54) is 6.92 Å². The maximum absolute atomic E-state index is 14.4. The highest BCUT2D eigenvalue weighted by atomic mass is 35.5. The van der Waals surface area contributed by atoms with Gasteiger partial charge in [0.15, 0.2) is 0 Å². The highest BCUT2D eigenvalue weighted by molar-refractivity contribution is 6.32. The molecule has 0 N–H and O–H groups in total. The van der Waals surface area contributed by atoms with E-state index in [1.807, 2.05) is 0 Å². The van der Waals surface area contributed by atoms with Crippen molar-refractivity contribution in [3.63, 3.8) is 0 Å². The van der Waals surface area contributed by atoms with Gasteiger partial charge in [0, 0.05) is 30.1 Å². The van der Waals surface area contributed by atoms with Gasteiger partial charge in [-0.1, -0.05) is 11.6 Å². The molecule has 0 atom stereocenters. The number of imide groups is 1. The first-order chi connectivity index (χ1) is 11.4. The molecule has 0 aromatic carbocycles. The van der Waals surface area contributed by atoms with Crippen molar-refractivity contribution in [1.82, 2.24) is 4.90 Å². The Labute approximate surface area is 143 Å². The largest absolute Gasteiger partial charge is 0.434 e. The number of hydrogen-bond acceptors (Lipinski definition) is 4. The Hall–Kier alpha value is -2.21. The zero-order chi connectivity index (χ0) is 17.4. The van der Waals surface area contributed by atoms with Crippen LogP contribution in [0.3, 0.4) is 0 Å². The minimum Gasteiger partial charge on any atom is -0.434 e. The molecule has 3 rings (SSSR count). The highest BCUT2D eigenvalue weighted by Gasteiger charge is 2.42. The van der Waals surface area contributed by atoms with E-state index < -0.39 is 23.6 Å². The summed E-state index contributed by atoms with van der Waals surface area (Å²) in [6, 6.07) is 0. The van der Waals surface area contributed by atoms with E-state index in [-0.39, 0.29) is 17.2 Å². The maximum Gasteiger partial charge on any atom is 0.307 e. The van der Waals surface area contributed by atoms with Gasteiger partial charge in [0.25, 0.3) is 11.8 Å². The van der Waals surface area contributed by atoms with Crippen LogP contribution in [0.1, 0.15) is 39.0 Å². The predicted molar refractivity (Wildman–Crippen MR) is 83.9 cm³/mol. The third-order valence-electron chi connectivity index (χ3n) is 4.22. The van der Waals surface area contributed by atoms with Crippen molar-refractivity contribution in [2.75, 3.05) is 0 Å². The molecule has 126 valence electrons. The average Bonchev–Trinajstić information content (AvgIpc) is 2.79. The number of halogens is 2. The monoisotopic (exact) mass is 351 g/mol. The van der Waals surface area contributed by atoms with Crippen molar-refractivity contribution in [3.8, 4) is 0 Å². The van der Waals surface area contributed by atoms with Crippen molar-refractivity contribution >= 4 is 29.4 Å². The lowest BCUT2D eigenvalue weighted by atomic mass is 9.93. The maximum atomic E-state index is 14.4. The summed E-state index contributed by atoms with van der Waals surface area (Å²) in [7, 11) is 0. The van der Waals surface area contributed by atoms with Gasteiger partial charge >= 0.3 is 5.97 Å². The zero-order valence-electron chi connectivity index (χ0n) is 13.0. The summed E-state index contributed by atoms with van der Waals surface area (Å²) in [5.41, 5.74) is 1.23. The van der Waals surface area contributed by atoms with Gasteiger partial charge in [-0.2, -0.15) is 0 Å². The smallest absolute Gasteiger partial charge is 0.307 e. The summed E-state index contributed by atoms with van der Waals surface area (Å²) in [5.74, 6) is -2.20. The van der Waals surface area contributed by atoms with Crippen LogP contribution < -0.4 is 0 Å². The molecule has 7 heteroatoms. The summed E-state index contributed by atoms with van der Waals surface area (Å²) >= 11 is 5.96. The molecular formula is C17H15ClFNO4. The highest BCUT2D eigenvalue weighted by Crippen LogP contribution is 2.40. The molecule has 24 heavy (non-hydrogen) atoms. The van der Waals surface area contributed by atoms with Crippen molar-refractivity contribution in [3.05, 3.63) is 45.6 Å². The van der Waals surface area contributed by atoms with Gasteiger partial charge in [-0.25, -0.2) is 9.29 Å². The number of nitrogens with zero attached hydrogens (tertiary/aromatic N) is 1.